The lowest BCUT2D eigenvalue weighted by Gasteiger charge is -2.35. The second-order valence-electron chi connectivity index (χ2n) is 33.1. The van der Waals surface area contributed by atoms with Crippen LogP contribution in [-0.2, 0) is 16.2 Å². The maximum absolute atomic E-state index is 5.71. The highest BCUT2D eigenvalue weighted by Crippen LogP contribution is 2.54. The molecule has 0 aromatic heterocycles. The quantitative estimate of drug-likeness (QED) is 0.0431. The number of methoxy groups -OCH3 is 2. The van der Waals surface area contributed by atoms with Gasteiger partial charge in [0, 0.05) is 50.4 Å². The SMILES string of the molecule is COc1ccc(N(c2ccc([Si](c3ccccc3)(c3ccccc3)c3ccccc3)cc2)c2ccc3c(c2)C(C)(C)c2cc(/C=C/c4ccc5c(c4)C(C)(C)c4cc(/C=C/c6ccc7c(c6)C(C)(C)c6cc(N(c8ccc(OC)cc8)c8ccc([Si](c9ccccc9)(c9ccccc9)c9ccccc9)cc8)ccc6-7)ccc4-5)ccc2-3)cc1. The largest absolute Gasteiger partial charge is 0.497 e. The summed E-state index contributed by atoms with van der Waals surface area (Å²) in [5.41, 5.74) is 26.2. The molecule has 0 bridgehead atoms. The smallest absolute Gasteiger partial charge is 0.179 e. The van der Waals surface area contributed by atoms with Gasteiger partial charge in [-0.25, -0.2) is 0 Å². The Kier molecular flexibility index (Phi) is 18.8. The highest BCUT2D eigenvalue weighted by Gasteiger charge is 2.45. The van der Waals surface area contributed by atoms with Crippen LogP contribution >= 0.6 is 0 Å². The zero-order valence-electron chi connectivity index (χ0n) is 67.5. The predicted molar refractivity (Wildman–Crippen MR) is 500 cm³/mol. The van der Waals surface area contributed by atoms with Crippen LogP contribution in [0.1, 0.15) is 97.2 Å². The van der Waals surface area contributed by atoms with E-state index < -0.39 is 16.1 Å². The Morgan fingerprint density at radius 1 is 0.205 bits per heavy atom. The average molecular weight is 1540 g/mol. The van der Waals surface area contributed by atoms with Crippen LogP contribution in [0, 0.1) is 0 Å². The molecule has 0 N–H and O–H groups in total. The molecule has 0 heterocycles. The fraction of sp³-hybridized carbons (Fsp3) is 0.0991. The molecule has 3 aliphatic rings. The normalized spacial score (nSPS) is 13.8. The van der Waals surface area contributed by atoms with Gasteiger partial charge in [-0.3, -0.25) is 0 Å². The first-order valence-electron chi connectivity index (χ1n) is 40.8. The van der Waals surface area contributed by atoms with Crippen LogP contribution in [0.3, 0.4) is 0 Å². The molecule has 0 saturated heterocycles. The molecule has 0 unspecified atom stereocenters. The molecule has 3 aliphatic carbocycles. The Bertz CT molecular complexity index is 5850. The third-order valence-corrected chi connectivity index (χ3v) is 35.2. The van der Waals surface area contributed by atoms with Crippen molar-refractivity contribution in [2.45, 2.75) is 57.8 Å². The fourth-order valence-electron chi connectivity index (χ4n) is 19.5. The summed E-state index contributed by atoms with van der Waals surface area (Å²) >= 11 is 0. The molecular weight excluding hydrogens is 1450 g/mol. The first-order chi connectivity index (χ1) is 57.1. The lowest BCUT2D eigenvalue weighted by Crippen LogP contribution is -2.74. The summed E-state index contributed by atoms with van der Waals surface area (Å²) in [7, 11) is -2.03. The van der Waals surface area contributed by atoms with E-state index in [1.165, 1.54) is 131 Å². The average Bonchev–Trinajstić information content (AvgIpc) is 1.59. The van der Waals surface area contributed by atoms with E-state index in [0.29, 0.717) is 0 Å². The third kappa shape index (κ3) is 12.7. The van der Waals surface area contributed by atoms with Crippen molar-refractivity contribution in [1.29, 1.82) is 0 Å². The van der Waals surface area contributed by atoms with Gasteiger partial charge in [-0.1, -0.05) is 357 Å². The molecule has 0 spiro atoms. The molecule has 0 radical (unpaired) electrons. The van der Waals surface area contributed by atoms with Crippen molar-refractivity contribution in [3.8, 4) is 44.9 Å². The zero-order valence-corrected chi connectivity index (χ0v) is 69.5. The number of benzene rings is 16. The van der Waals surface area contributed by atoms with Crippen LogP contribution < -0.4 is 60.8 Å². The number of hydrogen-bond acceptors (Lipinski definition) is 4. The van der Waals surface area contributed by atoms with Crippen molar-refractivity contribution >= 4 is 116 Å². The minimum absolute atomic E-state index is 0.206. The van der Waals surface area contributed by atoms with E-state index in [1.807, 2.05) is 0 Å². The molecule has 0 aliphatic heterocycles. The summed E-state index contributed by atoms with van der Waals surface area (Å²) in [5, 5.41) is 10.8. The molecule has 6 heteroatoms. The monoisotopic (exact) mass is 1540 g/mol. The first-order valence-corrected chi connectivity index (χ1v) is 44.8. The highest BCUT2D eigenvalue weighted by atomic mass is 28.3. The molecule has 16 aromatic rings. The first kappa shape index (κ1) is 73.8. The summed E-state index contributed by atoms with van der Waals surface area (Å²) in [5.74, 6) is 1.64. The van der Waals surface area contributed by atoms with Crippen LogP contribution in [0.4, 0.5) is 34.1 Å². The molecule has 0 amide bonds. The number of ether oxygens (including phenoxy) is 2. The minimum atomic E-state index is -2.75. The van der Waals surface area contributed by atoms with Crippen molar-refractivity contribution in [3.05, 3.63) is 444 Å². The number of hydrogen-bond donors (Lipinski definition) is 0. The van der Waals surface area contributed by atoms with Crippen molar-refractivity contribution in [3.63, 3.8) is 0 Å². The van der Waals surface area contributed by atoms with E-state index in [9.17, 15) is 0 Å². The van der Waals surface area contributed by atoms with Crippen LogP contribution in [-0.4, -0.2) is 30.4 Å². The second kappa shape index (κ2) is 29.8. The van der Waals surface area contributed by atoms with Crippen LogP contribution in [0.2, 0.25) is 0 Å². The lowest BCUT2D eigenvalue weighted by atomic mass is 9.81. The van der Waals surface area contributed by atoms with Gasteiger partial charge in [0.15, 0.2) is 16.1 Å². The van der Waals surface area contributed by atoms with E-state index >= 15 is 0 Å². The number of nitrogens with zero attached hydrogens (tertiary/aromatic N) is 2. The third-order valence-electron chi connectivity index (χ3n) is 25.6. The van der Waals surface area contributed by atoms with Crippen molar-refractivity contribution in [2.75, 3.05) is 24.0 Å². The van der Waals surface area contributed by atoms with Crippen LogP contribution in [0.5, 0.6) is 11.5 Å². The minimum Gasteiger partial charge on any atom is -0.497 e. The Morgan fingerprint density at radius 2 is 0.393 bits per heavy atom. The van der Waals surface area contributed by atoms with Crippen LogP contribution in [0.15, 0.2) is 388 Å². The van der Waals surface area contributed by atoms with Gasteiger partial charge in [0.05, 0.1) is 14.2 Å². The second-order valence-corrected chi connectivity index (χ2v) is 40.7. The Hall–Kier alpha value is -13.4. The molecule has 117 heavy (non-hydrogen) atoms. The summed E-state index contributed by atoms with van der Waals surface area (Å²) in [6.07, 6.45) is 9.20. The molecule has 4 nitrogen and oxygen atoms in total. The van der Waals surface area contributed by atoms with Gasteiger partial charge in [0.2, 0.25) is 0 Å². The number of fused-ring (bicyclic) bond motifs is 9. The van der Waals surface area contributed by atoms with Crippen molar-refractivity contribution in [2.24, 2.45) is 0 Å². The molecule has 19 rings (SSSR count). The van der Waals surface area contributed by atoms with E-state index in [2.05, 4.69) is 464 Å². The fourth-order valence-corrected chi connectivity index (χ4v) is 29.0. The van der Waals surface area contributed by atoms with E-state index in [0.717, 1.165) is 45.6 Å². The Balaban J connectivity index is 0.568. The lowest BCUT2D eigenvalue weighted by molar-refractivity contribution is 0.414. The van der Waals surface area contributed by atoms with Crippen molar-refractivity contribution in [1.82, 2.24) is 0 Å². The Labute approximate surface area is 691 Å². The van der Waals surface area contributed by atoms with Crippen molar-refractivity contribution < 1.29 is 9.47 Å². The molecule has 0 saturated carbocycles. The highest BCUT2D eigenvalue weighted by molar-refractivity contribution is 7.20. The summed E-state index contributed by atoms with van der Waals surface area (Å²) in [6, 6.07) is 145. The van der Waals surface area contributed by atoms with Gasteiger partial charge >= 0.3 is 0 Å². The molecular formula is C111H92N2O2Si2. The van der Waals surface area contributed by atoms with Gasteiger partial charge in [-0.15, -0.1) is 0 Å². The van der Waals surface area contributed by atoms with E-state index in [4.69, 9.17) is 9.47 Å². The van der Waals surface area contributed by atoms with E-state index in [1.54, 1.807) is 14.2 Å². The molecule has 566 valence electrons. The van der Waals surface area contributed by atoms with Gasteiger partial charge in [0.25, 0.3) is 0 Å². The van der Waals surface area contributed by atoms with E-state index in [-0.39, 0.29) is 16.2 Å². The molecule has 0 fully saturated rings. The number of anilines is 6. The maximum atomic E-state index is 5.71. The number of rotatable bonds is 20. The Morgan fingerprint density at radius 3 is 0.615 bits per heavy atom. The van der Waals surface area contributed by atoms with Gasteiger partial charge in [-0.2, -0.15) is 0 Å². The molecule has 0 atom stereocenters. The molecule has 16 aromatic carbocycles. The topological polar surface area (TPSA) is 24.9 Å². The zero-order chi connectivity index (χ0) is 79.6. The van der Waals surface area contributed by atoms with Crippen LogP contribution in [0.25, 0.3) is 57.7 Å². The predicted octanol–water partition coefficient (Wildman–Crippen LogP) is 22.7. The maximum Gasteiger partial charge on any atom is 0.179 e. The van der Waals surface area contributed by atoms with Gasteiger partial charge in [-0.05, 0) is 228 Å². The summed E-state index contributed by atoms with van der Waals surface area (Å²) in [4.78, 5) is 4.80. The summed E-state index contributed by atoms with van der Waals surface area (Å²) < 4.78 is 11.4. The standard InChI is InChI=1S/C111H92N2O2Si2/c1-109(2)103-71-77(39-41-79-45-67-99-101-69-55-85(75-107(101)110(3,4)105(99)73-79)112(81-47-57-87(114-7)58-48-81)83-51-61-95(62-52-83)116(89-27-15-9-16-28-89,90-29-17-10-18-30-90)91-31-19-11-20-32-91)43-65-97(103)98-66-44-78(72-104(98)109)40-42-80-46-68-100-102-70-56-86(76-108(102)111(5,6)106(100)74-80)113(82-49-59-88(115-8)60-50-82)84-53-63-96(64-54-84)117(92-33-21-12-22-34-92,93-35-23-13-24-36-93)94-37-25-14-26-38-94/h9-76H,1-8H3/b41-39+,42-40+. The van der Waals surface area contributed by atoms with Gasteiger partial charge in [0.1, 0.15) is 11.5 Å². The summed E-state index contributed by atoms with van der Waals surface area (Å²) in [6.45, 7) is 14.3. The van der Waals surface area contributed by atoms with Gasteiger partial charge < -0.3 is 19.3 Å².